The van der Waals surface area contributed by atoms with E-state index in [0.717, 1.165) is 18.5 Å². The molecule has 0 atom stereocenters. The smallest absolute Gasteiger partial charge is 0.244 e. The summed E-state index contributed by atoms with van der Waals surface area (Å²) in [4.78, 5) is 14.2. The van der Waals surface area contributed by atoms with Crippen molar-refractivity contribution in [3.8, 4) is 11.5 Å². The standard InChI is InChI=1S/C22H28N2O3/c1-4-27-20-13-11-18(17-21(20)26-3)12-14-22(25)23-15-8-16-24(2)19-9-6-5-7-10-19/h5-7,9-14,17H,4,8,15-16H2,1-3H3,(H,23,25)/b14-12+. The molecule has 1 amide bonds. The van der Waals surface area contributed by atoms with Crippen molar-refractivity contribution in [1.29, 1.82) is 0 Å². The highest BCUT2D eigenvalue weighted by atomic mass is 16.5. The van der Waals surface area contributed by atoms with Gasteiger partial charge in [0.2, 0.25) is 5.91 Å². The number of hydrogen-bond donors (Lipinski definition) is 1. The minimum atomic E-state index is -0.106. The van der Waals surface area contributed by atoms with Crippen LogP contribution in [0.2, 0.25) is 0 Å². The van der Waals surface area contributed by atoms with Crippen LogP contribution in [0.5, 0.6) is 11.5 Å². The van der Waals surface area contributed by atoms with Crippen LogP contribution in [0.1, 0.15) is 18.9 Å². The molecule has 2 aromatic carbocycles. The number of amides is 1. The molecule has 0 unspecified atom stereocenters. The van der Waals surface area contributed by atoms with Crippen LogP contribution in [0.25, 0.3) is 6.08 Å². The highest BCUT2D eigenvalue weighted by Crippen LogP contribution is 2.28. The van der Waals surface area contributed by atoms with Crippen molar-refractivity contribution in [3.63, 3.8) is 0 Å². The second kappa shape index (κ2) is 10.9. The number of nitrogens with zero attached hydrogens (tertiary/aromatic N) is 1. The van der Waals surface area contributed by atoms with Crippen molar-refractivity contribution in [2.24, 2.45) is 0 Å². The normalized spacial score (nSPS) is 10.6. The lowest BCUT2D eigenvalue weighted by Gasteiger charge is -2.19. The zero-order valence-corrected chi connectivity index (χ0v) is 16.3. The highest BCUT2D eigenvalue weighted by molar-refractivity contribution is 5.91. The molecule has 0 saturated carbocycles. The molecule has 0 radical (unpaired) electrons. The molecule has 5 nitrogen and oxygen atoms in total. The van der Waals surface area contributed by atoms with E-state index >= 15 is 0 Å². The maximum atomic E-state index is 12.0. The monoisotopic (exact) mass is 368 g/mol. The number of rotatable bonds is 10. The van der Waals surface area contributed by atoms with Crippen LogP contribution >= 0.6 is 0 Å². The zero-order valence-electron chi connectivity index (χ0n) is 16.3. The van der Waals surface area contributed by atoms with Gasteiger partial charge in [-0.3, -0.25) is 4.79 Å². The molecule has 5 heteroatoms. The fourth-order valence-corrected chi connectivity index (χ4v) is 2.63. The maximum absolute atomic E-state index is 12.0. The number of methoxy groups -OCH3 is 1. The van der Waals surface area contributed by atoms with Crippen LogP contribution in [0.3, 0.4) is 0 Å². The van der Waals surface area contributed by atoms with Crippen LogP contribution < -0.4 is 19.7 Å². The van der Waals surface area contributed by atoms with E-state index in [-0.39, 0.29) is 5.91 Å². The van der Waals surface area contributed by atoms with Crippen LogP contribution in [-0.2, 0) is 4.79 Å². The van der Waals surface area contributed by atoms with Gasteiger partial charge >= 0.3 is 0 Å². The number of benzene rings is 2. The van der Waals surface area contributed by atoms with Crippen molar-refractivity contribution in [3.05, 3.63) is 60.2 Å². The lowest BCUT2D eigenvalue weighted by atomic mass is 10.2. The van der Waals surface area contributed by atoms with Gasteiger partial charge in [0.05, 0.1) is 13.7 Å². The Kier molecular flexibility index (Phi) is 8.23. The van der Waals surface area contributed by atoms with Gasteiger partial charge in [-0.2, -0.15) is 0 Å². The van der Waals surface area contributed by atoms with Crippen molar-refractivity contribution >= 4 is 17.7 Å². The van der Waals surface area contributed by atoms with Gasteiger partial charge in [-0.15, -0.1) is 0 Å². The summed E-state index contributed by atoms with van der Waals surface area (Å²) in [6.45, 7) is 4.01. The maximum Gasteiger partial charge on any atom is 0.244 e. The van der Waals surface area contributed by atoms with Crippen LogP contribution in [0.15, 0.2) is 54.6 Å². The first-order valence-corrected chi connectivity index (χ1v) is 9.17. The van der Waals surface area contributed by atoms with Gasteiger partial charge in [0.1, 0.15) is 0 Å². The number of carbonyl (C=O) groups is 1. The van der Waals surface area contributed by atoms with Crippen LogP contribution in [-0.4, -0.2) is 39.8 Å². The van der Waals surface area contributed by atoms with Gasteiger partial charge in [-0.1, -0.05) is 24.3 Å². The van der Waals surface area contributed by atoms with E-state index in [0.29, 0.717) is 24.7 Å². The number of carbonyl (C=O) groups excluding carboxylic acids is 1. The Morgan fingerprint density at radius 2 is 1.93 bits per heavy atom. The second-order valence-electron chi connectivity index (χ2n) is 6.08. The molecule has 0 aliphatic carbocycles. The van der Waals surface area contributed by atoms with Gasteiger partial charge in [0, 0.05) is 31.9 Å². The number of anilines is 1. The molecule has 144 valence electrons. The highest BCUT2D eigenvalue weighted by Gasteiger charge is 2.04. The molecule has 0 spiro atoms. The molecule has 0 aliphatic heterocycles. The molecular formula is C22H28N2O3. The fraction of sp³-hybridized carbons (Fsp3) is 0.318. The molecule has 27 heavy (non-hydrogen) atoms. The Hall–Kier alpha value is -2.95. The summed E-state index contributed by atoms with van der Waals surface area (Å²) in [5, 5.41) is 2.91. The molecule has 0 aliphatic rings. The number of para-hydroxylation sites is 1. The summed E-state index contributed by atoms with van der Waals surface area (Å²) in [6.07, 6.45) is 4.18. The minimum Gasteiger partial charge on any atom is -0.493 e. The average molecular weight is 368 g/mol. The molecule has 0 heterocycles. The summed E-state index contributed by atoms with van der Waals surface area (Å²) in [5.74, 6) is 1.25. The molecule has 1 N–H and O–H groups in total. The van der Waals surface area contributed by atoms with Gasteiger partial charge in [0.25, 0.3) is 0 Å². The van der Waals surface area contributed by atoms with Crippen molar-refractivity contribution in [1.82, 2.24) is 5.32 Å². The third-order valence-corrected chi connectivity index (χ3v) is 4.08. The molecular weight excluding hydrogens is 340 g/mol. The quantitative estimate of drug-likeness (QED) is 0.513. The molecule has 0 saturated heterocycles. The number of hydrogen-bond acceptors (Lipinski definition) is 4. The second-order valence-corrected chi connectivity index (χ2v) is 6.08. The van der Waals surface area contributed by atoms with E-state index in [1.165, 1.54) is 11.8 Å². The van der Waals surface area contributed by atoms with Gasteiger partial charge < -0.3 is 19.7 Å². The largest absolute Gasteiger partial charge is 0.493 e. The van der Waals surface area contributed by atoms with Crippen molar-refractivity contribution in [2.45, 2.75) is 13.3 Å². The number of nitrogens with one attached hydrogen (secondary N) is 1. The predicted molar refractivity (Wildman–Crippen MR) is 111 cm³/mol. The zero-order chi connectivity index (χ0) is 19.5. The van der Waals surface area contributed by atoms with Crippen LogP contribution in [0, 0.1) is 0 Å². The average Bonchev–Trinajstić information content (AvgIpc) is 2.71. The third-order valence-electron chi connectivity index (χ3n) is 4.08. The molecule has 0 bridgehead atoms. The lowest BCUT2D eigenvalue weighted by molar-refractivity contribution is -0.116. The molecule has 2 rings (SSSR count). The van der Waals surface area contributed by atoms with E-state index in [9.17, 15) is 4.79 Å². The first kappa shape index (κ1) is 20.4. The lowest BCUT2D eigenvalue weighted by Crippen LogP contribution is -2.26. The van der Waals surface area contributed by atoms with E-state index in [2.05, 4.69) is 29.4 Å². The SMILES string of the molecule is CCOc1ccc(/C=C/C(=O)NCCCN(C)c2ccccc2)cc1OC. The Morgan fingerprint density at radius 3 is 2.63 bits per heavy atom. The summed E-state index contributed by atoms with van der Waals surface area (Å²) >= 11 is 0. The summed E-state index contributed by atoms with van der Waals surface area (Å²) in [5.41, 5.74) is 2.06. The first-order chi connectivity index (χ1) is 13.1. The van der Waals surface area contributed by atoms with E-state index in [1.807, 2.05) is 43.3 Å². The fourth-order valence-electron chi connectivity index (χ4n) is 2.63. The Balaban J connectivity index is 1.76. The van der Waals surface area contributed by atoms with Gasteiger partial charge in [0.15, 0.2) is 11.5 Å². The third kappa shape index (κ3) is 6.70. The van der Waals surface area contributed by atoms with Crippen molar-refractivity contribution in [2.75, 3.05) is 38.8 Å². The minimum absolute atomic E-state index is 0.106. The molecule has 0 fully saturated rings. The Bertz CT molecular complexity index is 744. The Morgan fingerprint density at radius 1 is 1.15 bits per heavy atom. The Labute approximate surface area is 161 Å². The van der Waals surface area contributed by atoms with Crippen molar-refractivity contribution < 1.29 is 14.3 Å². The van der Waals surface area contributed by atoms with Gasteiger partial charge in [-0.05, 0) is 49.2 Å². The topological polar surface area (TPSA) is 50.8 Å². The van der Waals surface area contributed by atoms with Gasteiger partial charge in [-0.25, -0.2) is 0 Å². The number of ether oxygens (including phenoxy) is 2. The molecule has 2 aromatic rings. The summed E-state index contributed by atoms with van der Waals surface area (Å²) < 4.78 is 10.8. The summed E-state index contributed by atoms with van der Waals surface area (Å²) in [7, 11) is 3.65. The molecule has 0 aromatic heterocycles. The van der Waals surface area contributed by atoms with E-state index in [1.54, 1.807) is 13.2 Å². The van der Waals surface area contributed by atoms with Crippen LogP contribution in [0.4, 0.5) is 5.69 Å². The van der Waals surface area contributed by atoms with E-state index < -0.39 is 0 Å². The first-order valence-electron chi connectivity index (χ1n) is 9.17. The predicted octanol–water partition coefficient (Wildman–Crippen LogP) is 3.75. The summed E-state index contributed by atoms with van der Waals surface area (Å²) in [6, 6.07) is 15.8. The van der Waals surface area contributed by atoms with E-state index in [4.69, 9.17) is 9.47 Å².